The summed E-state index contributed by atoms with van der Waals surface area (Å²) in [6, 6.07) is 7.43. The molecule has 78 valence electrons. The number of carbonyl (C=O) groups is 1. The number of hydrogen-bond donors (Lipinski definition) is 0. The highest BCUT2D eigenvalue weighted by atomic mass is 16.2. The number of carbonyl (C=O) groups excluding carboxylic acids is 1. The van der Waals surface area contributed by atoms with E-state index in [2.05, 4.69) is 10.3 Å². The van der Waals surface area contributed by atoms with Crippen LogP contribution in [0.4, 0.5) is 0 Å². The molecule has 4 nitrogen and oxygen atoms in total. The third-order valence-electron chi connectivity index (χ3n) is 2.59. The molecule has 3 rings (SSSR count). The van der Waals surface area contributed by atoms with Crippen molar-refractivity contribution in [1.29, 1.82) is 0 Å². The number of hydrogen-bond acceptors (Lipinski definition) is 3. The molecule has 16 heavy (non-hydrogen) atoms. The lowest BCUT2D eigenvalue weighted by Gasteiger charge is -2.00. The highest BCUT2D eigenvalue weighted by Gasteiger charge is 2.16. The number of nitrogens with zero attached hydrogens (tertiary/aromatic N) is 3. The number of rotatable bonds is 1. The smallest absolute Gasteiger partial charge is 0.267 e. The first-order valence-electron chi connectivity index (χ1n) is 5.07. The molecule has 0 radical (unpaired) electrons. The van der Waals surface area contributed by atoms with Gasteiger partial charge in [0.1, 0.15) is 5.52 Å². The largest absolute Gasteiger partial charge is 0.276 e. The summed E-state index contributed by atoms with van der Waals surface area (Å²) < 4.78 is 1.36. The zero-order chi connectivity index (χ0) is 11.0. The van der Waals surface area contributed by atoms with E-state index in [1.54, 1.807) is 0 Å². The lowest BCUT2D eigenvalue weighted by Crippen LogP contribution is -2.14. The lowest BCUT2D eigenvalue weighted by atomic mass is 10.2. The first kappa shape index (κ1) is 9.03. The van der Waals surface area contributed by atoms with Crippen molar-refractivity contribution in [2.75, 3.05) is 0 Å². The number of fused-ring (bicyclic) bond motifs is 1. The summed E-state index contributed by atoms with van der Waals surface area (Å²) in [6.07, 6.45) is 6.32. The van der Waals surface area contributed by atoms with Gasteiger partial charge in [0.15, 0.2) is 0 Å². The number of aromatic nitrogens is 3. The molecule has 1 aromatic heterocycles. The molecule has 4 heteroatoms. The van der Waals surface area contributed by atoms with Gasteiger partial charge in [-0.3, -0.25) is 4.79 Å². The minimum Gasteiger partial charge on any atom is -0.267 e. The van der Waals surface area contributed by atoms with Gasteiger partial charge in [0.25, 0.3) is 5.91 Å². The molecule has 0 amide bonds. The third kappa shape index (κ3) is 1.27. The second kappa shape index (κ2) is 3.41. The first-order chi connectivity index (χ1) is 7.86. The molecule has 0 fully saturated rings. The van der Waals surface area contributed by atoms with Crippen LogP contribution >= 0.6 is 0 Å². The van der Waals surface area contributed by atoms with Crippen molar-refractivity contribution in [3.63, 3.8) is 0 Å². The molecule has 0 saturated carbocycles. The Labute approximate surface area is 91.9 Å². The van der Waals surface area contributed by atoms with Crippen molar-refractivity contribution in [2.24, 2.45) is 0 Å². The predicted molar refractivity (Wildman–Crippen MR) is 60.0 cm³/mol. The van der Waals surface area contributed by atoms with Crippen molar-refractivity contribution in [3.8, 4) is 0 Å². The van der Waals surface area contributed by atoms with Crippen molar-refractivity contribution in [1.82, 2.24) is 15.0 Å². The standard InChI is InChI=1S/C12H9N3O/c16-12(9-5-1-2-6-9)15-11-8-4-3-7-10(11)13-14-15/h1-5,7-8H,6H2. The van der Waals surface area contributed by atoms with Crippen LogP contribution in [0.15, 0.2) is 48.1 Å². The average molecular weight is 211 g/mol. The zero-order valence-corrected chi connectivity index (χ0v) is 8.50. The second-order valence-corrected chi connectivity index (χ2v) is 3.62. The number of benzene rings is 1. The van der Waals surface area contributed by atoms with Gasteiger partial charge in [0.2, 0.25) is 0 Å². The summed E-state index contributed by atoms with van der Waals surface area (Å²) in [5, 5.41) is 7.84. The van der Waals surface area contributed by atoms with Crippen LogP contribution in [0.1, 0.15) is 11.2 Å². The van der Waals surface area contributed by atoms with Crippen LogP contribution in [0.3, 0.4) is 0 Å². The molecule has 1 aromatic carbocycles. The van der Waals surface area contributed by atoms with Crippen LogP contribution in [0.5, 0.6) is 0 Å². The maximum atomic E-state index is 12.1. The van der Waals surface area contributed by atoms with Gasteiger partial charge in [0, 0.05) is 5.57 Å². The summed E-state index contributed by atoms with van der Waals surface area (Å²) in [5.41, 5.74) is 2.23. The quantitative estimate of drug-likeness (QED) is 0.724. The second-order valence-electron chi connectivity index (χ2n) is 3.62. The van der Waals surface area contributed by atoms with E-state index in [1.807, 2.05) is 42.5 Å². The van der Waals surface area contributed by atoms with Crippen LogP contribution in [-0.2, 0) is 0 Å². The summed E-state index contributed by atoms with van der Waals surface area (Å²) in [4.78, 5) is 12.1. The Hall–Kier alpha value is -2.23. The Balaban J connectivity index is 2.09. The fourth-order valence-electron chi connectivity index (χ4n) is 1.76. The van der Waals surface area contributed by atoms with Gasteiger partial charge in [0.05, 0.1) is 5.52 Å². The fourth-order valence-corrected chi connectivity index (χ4v) is 1.76. The molecular formula is C12H9N3O. The molecule has 1 aliphatic carbocycles. The maximum Gasteiger partial charge on any atom is 0.276 e. The van der Waals surface area contributed by atoms with Crippen LogP contribution in [0.2, 0.25) is 0 Å². The minimum atomic E-state index is -0.0984. The zero-order valence-electron chi connectivity index (χ0n) is 8.50. The summed E-state index contributed by atoms with van der Waals surface area (Å²) in [7, 11) is 0. The monoisotopic (exact) mass is 211 g/mol. The van der Waals surface area contributed by atoms with E-state index in [0.29, 0.717) is 6.42 Å². The topological polar surface area (TPSA) is 47.8 Å². The van der Waals surface area contributed by atoms with Crippen LogP contribution in [0.25, 0.3) is 11.0 Å². The first-order valence-corrected chi connectivity index (χ1v) is 5.07. The van der Waals surface area contributed by atoms with Crippen LogP contribution in [-0.4, -0.2) is 20.9 Å². The van der Waals surface area contributed by atoms with Crippen molar-refractivity contribution in [3.05, 3.63) is 48.1 Å². The normalized spacial score (nSPS) is 14.4. The van der Waals surface area contributed by atoms with Gasteiger partial charge in [-0.25, -0.2) is 0 Å². The molecule has 0 aliphatic heterocycles. The SMILES string of the molecule is O=C(C1=CC=CC1)n1nnc2ccccc21. The molecule has 0 spiro atoms. The number of allylic oxidation sites excluding steroid dienone is 4. The number of para-hydroxylation sites is 1. The highest BCUT2D eigenvalue weighted by Crippen LogP contribution is 2.16. The van der Waals surface area contributed by atoms with E-state index in [0.717, 1.165) is 16.6 Å². The van der Waals surface area contributed by atoms with E-state index < -0.39 is 0 Å². The fraction of sp³-hybridized carbons (Fsp3) is 0.0833. The summed E-state index contributed by atoms with van der Waals surface area (Å²) in [5.74, 6) is -0.0984. The van der Waals surface area contributed by atoms with E-state index in [9.17, 15) is 4.79 Å². The molecule has 0 atom stereocenters. The van der Waals surface area contributed by atoms with E-state index in [1.165, 1.54) is 4.68 Å². The Morgan fingerprint density at radius 3 is 3.00 bits per heavy atom. The highest BCUT2D eigenvalue weighted by molar-refractivity contribution is 6.00. The molecule has 0 bridgehead atoms. The van der Waals surface area contributed by atoms with Gasteiger partial charge in [-0.2, -0.15) is 4.68 Å². The van der Waals surface area contributed by atoms with Crippen molar-refractivity contribution >= 4 is 16.9 Å². The summed E-state index contributed by atoms with van der Waals surface area (Å²) in [6.45, 7) is 0. The van der Waals surface area contributed by atoms with Gasteiger partial charge < -0.3 is 0 Å². The van der Waals surface area contributed by atoms with E-state index in [-0.39, 0.29) is 5.91 Å². The van der Waals surface area contributed by atoms with Crippen molar-refractivity contribution < 1.29 is 4.79 Å². The van der Waals surface area contributed by atoms with E-state index >= 15 is 0 Å². The minimum absolute atomic E-state index is 0.0984. The molecule has 1 heterocycles. The Morgan fingerprint density at radius 1 is 1.31 bits per heavy atom. The van der Waals surface area contributed by atoms with Gasteiger partial charge >= 0.3 is 0 Å². The lowest BCUT2D eigenvalue weighted by molar-refractivity contribution is 0.0941. The van der Waals surface area contributed by atoms with Gasteiger partial charge in [-0.15, -0.1) is 5.10 Å². The Kier molecular flexibility index (Phi) is 1.93. The molecule has 0 N–H and O–H groups in total. The molecule has 0 unspecified atom stereocenters. The van der Waals surface area contributed by atoms with Crippen LogP contribution < -0.4 is 0 Å². The Morgan fingerprint density at radius 2 is 2.19 bits per heavy atom. The molecular weight excluding hydrogens is 202 g/mol. The Bertz CT molecular complexity index is 622. The summed E-state index contributed by atoms with van der Waals surface area (Å²) >= 11 is 0. The third-order valence-corrected chi connectivity index (χ3v) is 2.59. The van der Waals surface area contributed by atoms with Gasteiger partial charge in [-0.05, 0) is 18.6 Å². The molecule has 0 saturated heterocycles. The molecule has 1 aliphatic rings. The predicted octanol–water partition coefficient (Wildman–Crippen LogP) is 1.96. The van der Waals surface area contributed by atoms with Gasteiger partial charge in [-0.1, -0.05) is 35.6 Å². The van der Waals surface area contributed by atoms with E-state index in [4.69, 9.17) is 0 Å². The molecule has 2 aromatic rings. The average Bonchev–Trinajstić information content (AvgIpc) is 2.98. The van der Waals surface area contributed by atoms with Crippen molar-refractivity contribution in [2.45, 2.75) is 6.42 Å². The van der Waals surface area contributed by atoms with Crippen LogP contribution in [0, 0.1) is 0 Å². The maximum absolute atomic E-state index is 12.1.